The minimum atomic E-state index is -4.44. The van der Waals surface area contributed by atoms with Crippen molar-refractivity contribution < 1.29 is 55.0 Å². The molecular formula is C40H52F3N5O9S. The third-order valence-corrected chi connectivity index (χ3v) is 14.2. The lowest BCUT2D eigenvalue weighted by Crippen LogP contribution is -2.60. The molecule has 318 valence electrons. The summed E-state index contributed by atoms with van der Waals surface area (Å²) in [6.07, 6.45) is 3.03. The van der Waals surface area contributed by atoms with Gasteiger partial charge in [-0.15, -0.1) is 0 Å². The van der Waals surface area contributed by atoms with Crippen LogP contribution >= 0.6 is 0 Å². The molecule has 58 heavy (non-hydrogen) atoms. The van der Waals surface area contributed by atoms with Crippen molar-refractivity contribution in [2.24, 2.45) is 17.8 Å². The lowest BCUT2D eigenvalue weighted by Gasteiger charge is -2.35. The summed E-state index contributed by atoms with van der Waals surface area (Å²) in [5, 5.41) is 6.64. The number of rotatable bonds is 10. The molecule has 0 bridgehead atoms. The average Bonchev–Trinajstić information content (AvgIpc) is 4.06. The number of ether oxygens (including phenoxy) is 3. The number of pyridine rings is 1. The van der Waals surface area contributed by atoms with E-state index in [0.717, 1.165) is 19.2 Å². The van der Waals surface area contributed by atoms with E-state index in [9.17, 15) is 40.8 Å². The van der Waals surface area contributed by atoms with Crippen LogP contribution in [0, 0.1) is 17.8 Å². The highest BCUT2D eigenvalue weighted by Crippen LogP contribution is 2.48. The molecule has 4 aliphatic rings. The molecule has 2 saturated carbocycles. The van der Waals surface area contributed by atoms with Crippen molar-refractivity contribution in [3.63, 3.8) is 0 Å². The van der Waals surface area contributed by atoms with Gasteiger partial charge in [-0.2, -0.15) is 4.98 Å². The Labute approximate surface area is 336 Å². The van der Waals surface area contributed by atoms with E-state index in [0.29, 0.717) is 31.6 Å². The number of amides is 4. The van der Waals surface area contributed by atoms with Gasteiger partial charge < -0.3 is 29.7 Å². The highest BCUT2D eigenvalue weighted by Gasteiger charge is 2.64. The predicted octanol–water partition coefficient (Wildman–Crippen LogP) is 4.96. The first-order chi connectivity index (χ1) is 27.2. The minimum Gasteiger partial charge on any atom is -0.481 e. The fourth-order valence-corrected chi connectivity index (χ4v) is 9.15. The van der Waals surface area contributed by atoms with Crippen molar-refractivity contribution in [1.29, 1.82) is 0 Å². The van der Waals surface area contributed by atoms with Gasteiger partial charge in [0.15, 0.2) is 5.60 Å². The number of alkyl halides is 3. The molecule has 14 nitrogen and oxygen atoms in total. The summed E-state index contributed by atoms with van der Waals surface area (Å²) in [7, 11) is -3.00. The van der Waals surface area contributed by atoms with Crippen LogP contribution in [-0.2, 0) is 29.1 Å². The van der Waals surface area contributed by atoms with Crippen LogP contribution in [0.15, 0.2) is 42.5 Å². The number of alkyl carbamates (subject to hydrolysis) is 1. The van der Waals surface area contributed by atoms with E-state index < -0.39 is 92.3 Å². The summed E-state index contributed by atoms with van der Waals surface area (Å²) in [5.41, 5.74) is -3.97. The summed E-state index contributed by atoms with van der Waals surface area (Å²) >= 11 is 0. The molecule has 3 heterocycles. The van der Waals surface area contributed by atoms with E-state index >= 15 is 0 Å². The Morgan fingerprint density at radius 3 is 2.47 bits per heavy atom. The largest absolute Gasteiger partial charge is 0.481 e. The highest BCUT2D eigenvalue weighted by atomic mass is 32.2. The van der Waals surface area contributed by atoms with Crippen LogP contribution in [0.2, 0.25) is 0 Å². The first-order valence-electron chi connectivity index (χ1n) is 19.6. The molecule has 7 atom stereocenters. The van der Waals surface area contributed by atoms with E-state index in [2.05, 4.69) is 15.6 Å². The molecule has 1 aromatic heterocycles. The van der Waals surface area contributed by atoms with Gasteiger partial charge in [-0.05, 0) is 75.7 Å². The second-order valence-corrected chi connectivity index (χ2v) is 19.0. The van der Waals surface area contributed by atoms with Crippen molar-refractivity contribution in [2.75, 3.05) is 20.3 Å². The van der Waals surface area contributed by atoms with Crippen LogP contribution in [0.5, 0.6) is 11.8 Å². The standard InChI is InChI=1S/C40H52F3N5O9S/c1-23-11-7-9-13-26-20-40(26,35(51)47-58(53,54)39(22-41)15-16-39)46-32(49)29-19-27(56-33-28-14-10-8-12-25(28)18-30(44-33)55-6)21-48(29)34(50)31(24(2)17-23)45-36(52)57-37(3,4)38(5,42)43/h8-10,12-14,18,23-24,26-27,29,31H,7,11,15-17,19-22H2,1-6H3,(H,45,52)(H,46,49)(H,47,51)/b13-9-/t23-,24-,26?,27-,29+,31+,40-/m1/s1. The van der Waals surface area contributed by atoms with E-state index in [4.69, 9.17) is 14.2 Å². The molecule has 4 amide bonds. The number of halogens is 3. The van der Waals surface area contributed by atoms with Crippen LogP contribution in [0.4, 0.5) is 18.0 Å². The Kier molecular flexibility index (Phi) is 11.8. The molecule has 1 unspecified atom stereocenters. The summed E-state index contributed by atoms with van der Waals surface area (Å²) in [6.45, 7) is 5.03. The number of carbonyl (C=O) groups excluding carboxylic acids is 4. The number of nitrogens with zero attached hydrogens (tertiary/aromatic N) is 2. The Bertz CT molecular complexity index is 2070. The van der Waals surface area contributed by atoms with Gasteiger partial charge in [-0.3, -0.25) is 19.1 Å². The molecule has 2 aliphatic carbocycles. The number of fused-ring (bicyclic) bond motifs is 3. The zero-order valence-electron chi connectivity index (χ0n) is 33.5. The van der Waals surface area contributed by atoms with Gasteiger partial charge in [0.2, 0.25) is 33.6 Å². The van der Waals surface area contributed by atoms with Crippen molar-refractivity contribution in [3.05, 3.63) is 42.5 Å². The predicted molar refractivity (Wildman–Crippen MR) is 206 cm³/mol. The Hall–Kier alpha value is -4.61. The second kappa shape index (κ2) is 15.9. The van der Waals surface area contributed by atoms with Gasteiger partial charge in [-0.25, -0.2) is 26.4 Å². The fraction of sp³-hybridized carbons (Fsp3) is 0.625. The maximum atomic E-state index is 14.8. The lowest BCUT2D eigenvalue weighted by molar-refractivity contribution is -0.152. The molecule has 6 rings (SSSR count). The maximum Gasteiger partial charge on any atom is 0.408 e. The molecule has 3 fully saturated rings. The summed E-state index contributed by atoms with van der Waals surface area (Å²) in [5.74, 6) is -6.78. The fourth-order valence-electron chi connectivity index (χ4n) is 7.72. The number of carbonyl (C=O) groups is 4. The molecule has 2 aromatic rings. The van der Waals surface area contributed by atoms with E-state index in [1.165, 1.54) is 12.0 Å². The number of aromatic nitrogens is 1. The van der Waals surface area contributed by atoms with Crippen molar-refractivity contribution in [1.82, 2.24) is 25.2 Å². The van der Waals surface area contributed by atoms with Crippen molar-refractivity contribution >= 4 is 44.6 Å². The Morgan fingerprint density at radius 1 is 1.10 bits per heavy atom. The molecule has 1 saturated heterocycles. The SMILES string of the molecule is COc1cc2ccccc2c(O[C@@H]2C[C@H]3C(=O)N[C@]4(C(=O)NS(=O)(=O)C5(CF)CC5)CC4/C=C\CC[C@@H](C)C[C@@H](C)[C@H](NC(=O)OC(C)(C)C(C)(F)F)C(=O)N3C2)n1. The number of hydrogen-bond acceptors (Lipinski definition) is 10. The normalized spacial score (nSPS) is 29.4. The summed E-state index contributed by atoms with van der Waals surface area (Å²) < 4.78 is 86.3. The molecular weight excluding hydrogens is 784 g/mol. The van der Waals surface area contributed by atoms with Crippen LogP contribution < -0.4 is 24.8 Å². The average molecular weight is 836 g/mol. The van der Waals surface area contributed by atoms with Gasteiger partial charge in [0.1, 0.15) is 35.1 Å². The Morgan fingerprint density at radius 2 is 1.81 bits per heavy atom. The topological polar surface area (TPSA) is 182 Å². The van der Waals surface area contributed by atoms with Gasteiger partial charge >= 0.3 is 6.09 Å². The number of hydrogen-bond donors (Lipinski definition) is 3. The molecule has 18 heteroatoms. The van der Waals surface area contributed by atoms with Gasteiger partial charge in [0.05, 0.1) is 13.7 Å². The van der Waals surface area contributed by atoms with Gasteiger partial charge in [0.25, 0.3) is 11.8 Å². The van der Waals surface area contributed by atoms with Gasteiger partial charge in [-0.1, -0.05) is 44.2 Å². The van der Waals surface area contributed by atoms with Crippen molar-refractivity contribution in [3.8, 4) is 11.8 Å². The molecule has 3 N–H and O–H groups in total. The second-order valence-electron chi connectivity index (χ2n) is 16.9. The van der Waals surface area contributed by atoms with E-state index in [1.807, 2.05) is 29.9 Å². The third-order valence-electron chi connectivity index (χ3n) is 12.1. The zero-order chi connectivity index (χ0) is 42.4. The van der Waals surface area contributed by atoms with Crippen molar-refractivity contribution in [2.45, 2.75) is 120 Å². The van der Waals surface area contributed by atoms with Crippen LogP contribution in [0.1, 0.15) is 79.6 Å². The van der Waals surface area contributed by atoms with Crippen LogP contribution in [0.25, 0.3) is 10.8 Å². The van der Waals surface area contributed by atoms with Crippen LogP contribution in [-0.4, -0.2) is 102 Å². The zero-order valence-corrected chi connectivity index (χ0v) is 34.3. The smallest absolute Gasteiger partial charge is 0.408 e. The molecule has 0 spiro atoms. The minimum absolute atomic E-state index is 0.0141. The third kappa shape index (κ3) is 8.57. The maximum absolute atomic E-state index is 14.8. The number of benzene rings is 1. The number of nitrogens with one attached hydrogen (secondary N) is 3. The van der Waals surface area contributed by atoms with E-state index in [1.54, 1.807) is 31.2 Å². The van der Waals surface area contributed by atoms with Gasteiger partial charge in [0, 0.05) is 30.7 Å². The first-order valence-corrected chi connectivity index (χ1v) is 21.0. The molecule has 1 aromatic carbocycles. The number of methoxy groups -OCH3 is 1. The number of allylic oxidation sites excluding steroid dienone is 1. The summed E-state index contributed by atoms with van der Waals surface area (Å²) in [6, 6.07) is 6.26. The quantitative estimate of drug-likeness (QED) is 0.277. The Balaban J connectivity index is 1.36. The van der Waals surface area contributed by atoms with E-state index in [-0.39, 0.29) is 49.9 Å². The monoisotopic (exact) mass is 835 g/mol. The first kappa shape index (κ1) is 43.0. The highest BCUT2D eigenvalue weighted by molar-refractivity contribution is 7.91. The summed E-state index contributed by atoms with van der Waals surface area (Å²) in [4.78, 5) is 62.2. The van der Waals surface area contributed by atoms with Crippen LogP contribution in [0.3, 0.4) is 0 Å². The number of sulfonamides is 1. The molecule has 0 radical (unpaired) electrons. The lowest BCUT2D eigenvalue weighted by atomic mass is 9.88. The molecule has 2 aliphatic heterocycles.